The first kappa shape index (κ1) is 20.9. The van der Waals surface area contributed by atoms with Gasteiger partial charge >= 0.3 is 7.82 Å². The predicted octanol–water partition coefficient (Wildman–Crippen LogP) is 5.62. The lowest BCUT2D eigenvalue weighted by atomic mass is 10.2. The summed E-state index contributed by atoms with van der Waals surface area (Å²) in [5.41, 5.74) is 1.93. The number of ether oxygens (including phenoxy) is 2. The Hall–Kier alpha value is -2.79. The van der Waals surface area contributed by atoms with Crippen molar-refractivity contribution < 1.29 is 27.6 Å². The molecule has 0 amide bonds. The summed E-state index contributed by atoms with van der Waals surface area (Å²) in [6.07, 6.45) is 0. The summed E-state index contributed by atoms with van der Waals surface area (Å²) in [4.78, 5) is 0. The molecule has 0 radical (unpaired) electrons. The van der Waals surface area contributed by atoms with Crippen LogP contribution in [0.2, 0.25) is 0 Å². The highest BCUT2D eigenvalue weighted by Gasteiger charge is 2.33. The Kier molecular flexibility index (Phi) is 7.30. The largest absolute Gasteiger partial charge is 0.647 e. The maximum Gasteiger partial charge on any atom is 0.647 e. The molecular weight excluding hydrogens is 391 g/mol. The molecule has 0 aliphatic heterocycles. The van der Waals surface area contributed by atoms with E-state index in [1.165, 1.54) is 0 Å². The van der Waals surface area contributed by atoms with E-state index in [9.17, 15) is 4.57 Å². The first-order chi connectivity index (χ1) is 14.1. The Morgan fingerprint density at radius 1 is 0.586 bits per heavy atom. The number of benzene rings is 3. The van der Waals surface area contributed by atoms with E-state index in [1.807, 2.05) is 30.3 Å². The van der Waals surface area contributed by atoms with Crippen LogP contribution in [-0.4, -0.2) is 14.2 Å². The second kappa shape index (κ2) is 10.1. The average Bonchev–Trinajstić information content (AvgIpc) is 2.72. The van der Waals surface area contributed by atoms with Crippen molar-refractivity contribution in [3.63, 3.8) is 0 Å². The summed E-state index contributed by atoms with van der Waals surface area (Å²) in [5.74, 6) is 1.10. The fourth-order valence-corrected chi connectivity index (χ4v) is 3.80. The monoisotopic (exact) mass is 414 g/mol. The van der Waals surface area contributed by atoms with Gasteiger partial charge in [0.25, 0.3) is 0 Å². The van der Waals surface area contributed by atoms with E-state index in [0.29, 0.717) is 30.5 Å². The van der Waals surface area contributed by atoms with Crippen LogP contribution in [-0.2, 0) is 27.3 Å². The van der Waals surface area contributed by atoms with Gasteiger partial charge in [-0.15, -0.1) is 0 Å². The maximum atomic E-state index is 13.4. The first-order valence-electron chi connectivity index (χ1n) is 9.00. The third kappa shape index (κ3) is 6.36. The number of methoxy groups -OCH3 is 2. The van der Waals surface area contributed by atoms with Gasteiger partial charge in [0.15, 0.2) is 0 Å². The fourth-order valence-electron chi connectivity index (χ4n) is 2.55. The van der Waals surface area contributed by atoms with Crippen molar-refractivity contribution in [1.29, 1.82) is 0 Å². The molecule has 3 aromatic carbocycles. The molecule has 0 aliphatic carbocycles. The number of phosphoric acid groups is 1. The van der Waals surface area contributed by atoms with Crippen molar-refractivity contribution in [3.05, 3.63) is 90.0 Å². The van der Waals surface area contributed by atoms with Crippen LogP contribution >= 0.6 is 7.82 Å². The molecule has 0 heterocycles. The standard InChI is InChI=1S/C22H23O6P/c1-24-16-18-8-12-21(13-9-18)27-29(23,26-20-6-4-3-5-7-20)28-22-14-10-19(11-15-22)17-25-2/h3-15H,16-17H2,1-2H3. The summed E-state index contributed by atoms with van der Waals surface area (Å²) in [7, 11) is -0.762. The van der Waals surface area contributed by atoms with Crippen molar-refractivity contribution in [3.8, 4) is 17.2 Å². The summed E-state index contributed by atoms with van der Waals surface area (Å²) >= 11 is 0. The van der Waals surface area contributed by atoms with Gasteiger partial charge in [-0.25, -0.2) is 0 Å². The van der Waals surface area contributed by atoms with Gasteiger partial charge in [0.1, 0.15) is 17.2 Å². The molecule has 7 heteroatoms. The Bertz CT molecular complexity index is 870. The minimum Gasteiger partial charge on any atom is -0.386 e. The van der Waals surface area contributed by atoms with Crippen LogP contribution in [0.5, 0.6) is 17.2 Å². The van der Waals surface area contributed by atoms with Gasteiger partial charge in [-0.1, -0.05) is 42.5 Å². The van der Waals surface area contributed by atoms with Gasteiger partial charge < -0.3 is 23.0 Å². The Morgan fingerprint density at radius 2 is 0.966 bits per heavy atom. The summed E-state index contributed by atoms with van der Waals surface area (Å²) < 4.78 is 40.6. The molecule has 3 aromatic rings. The summed E-state index contributed by atoms with van der Waals surface area (Å²) in [5, 5.41) is 0. The van der Waals surface area contributed by atoms with Crippen molar-refractivity contribution in [2.75, 3.05) is 14.2 Å². The van der Waals surface area contributed by atoms with Crippen LogP contribution in [0.1, 0.15) is 11.1 Å². The zero-order valence-electron chi connectivity index (χ0n) is 16.3. The maximum absolute atomic E-state index is 13.4. The Morgan fingerprint density at radius 3 is 1.34 bits per heavy atom. The second-order valence-electron chi connectivity index (χ2n) is 6.19. The zero-order chi connectivity index (χ0) is 20.5. The SMILES string of the molecule is COCc1ccc(OP(=O)(Oc2ccccc2)Oc2ccc(COC)cc2)cc1. The third-order valence-corrected chi connectivity index (χ3v) is 5.17. The molecule has 29 heavy (non-hydrogen) atoms. The van der Waals surface area contributed by atoms with Crippen molar-refractivity contribution in [2.24, 2.45) is 0 Å². The molecule has 0 unspecified atom stereocenters. The number of hydrogen-bond acceptors (Lipinski definition) is 6. The van der Waals surface area contributed by atoms with Gasteiger partial charge in [-0.3, -0.25) is 0 Å². The molecule has 0 atom stereocenters. The number of rotatable bonds is 10. The fraction of sp³-hybridized carbons (Fsp3) is 0.182. The van der Waals surface area contributed by atoms with Gasteiger partial charge in [-0.2, -0.15) is 4.57 Å². The van der Waals surface area contributed by atoms with E-state index in [-0.39, 0.29) is 0 Å². The van der Waals surface area contributed by atoms with Crippen LogP contribution < -0.4 is 13.6 Å². The van der Waals surface area contributed by atoms with Crippen LogP contribution in [0, 0.1) is 0 Å². The molecule has 6 nitrogen and oxygen atoms in total. The number of para-hydroxylation sites is 1. The van der Waals surface area contributed by atoms with Crippen LogP contribution in [0.3, 0.4) is 0 Å². The van der Waals surface area contributed by atoms with Crippen molar-refractivity contribution in [2.45, 2.75) is 13.2 Å². The van der Waals surface area contributed by atoms with Gasteiger partial charge in [0.2, 0.25) is 0 Å². The molecule has 3 rings (SSSR count). The molecule has 0 N–H and O–H groups in total. The Balaban J connectivity index is 1.81. The van der Waals surface area contributed by atoms with Gasteiger partial charge in [-0.05, 0) is 47.5 Å². The van der Waals surface area contributed by atoms with Crippen LogP contribution in [0.15, 0.2) is 78.9 Å². The Labute approximate surface area is 170 Å². The highest BCUT2D eigenvalue weighted by atomic mass is 31.2. The smallest absolute Gasteiger partial charge is 0.386 e. The third-order valence-electron chi connectivity index (χ3n) is 3.86. The quantitative estimate of drug-likeness (QED) is 0.401. The van der Waals surface area contributed by atoms with E-state index < -0.39 is 7.82 Å². The first-order valence-corrected chi connectivity index (χ1v) is 10.5. The van der Waals surface area contributed by atoms with Gasteiger partial charge in [0.05, 0.1) is 13.2 Å². The molecule has 0 aliphatic rings. The van der Waals surface area contributed by atoms with E-state index in [1.54, 1.807) is 62.8 Å². The van der Waals surface area contributed by atoms with Crippen LogP contribution in [0.25, 0.3) is 0 Å². The lowest BCUT2D eigenvalue weighted by molar-refractivity contribution is 0.185. The number of phosphoric ester groups is 1. The summed E-state index contributed by atoms with van der Waals surface area (Å²) in [6.45, 7) is 0.950. The van der Waals surface area contributed by atoms with Crippen molar-refractivity contribution in [1.82, 2.24) is 0 Å². The molecule has 0 bridgehead atoms. The molecule has 152 valence electrons. The minimum absolute atomic E-state index is 0.361. The van der Waals surface area contributed by atoms with E-state index in [0.717, 1.165) is 11.1 Å². The molecule has 0 saturated carbocycles. The molecule has 0 spiro atoms. The topological polar surface area (TPSA) is 63.2 Å². The highest BCUT2D eigenvalue weighted by molar-refractivity contribution is 7.49. The highest BCUT2D eigenvalue weighted by Crippen LogP contribution is 2.49. The van der Waals surface area contributed by atoms with E-state index in [2.05, 4.69) is 0 Å². The van der Waals surface area contributed by atoms with Crippen LogP contribution in [0.4, 0.5) is 0 Å². The second-order valence-corrected chi connectivity index (χ2v) is 7.63. The molecule has 0 fully saturated rings. The van der Waals surface area contributed by atoms with E-state index in [4.69, 9.17) is 23.0 Å². The lowest BCUT2D eigenvalue weighted by Gasteiger charge is -2.19. The zero-order valence-corrected chi connectivity index (χ0v) is 17.2. The molecule has 0 saturated heterocycles. The average molecular weight is 414 g/mol. The predicted molar refractivity (Wildman–Crippen MR) is 110 cm³/mol. The van der Waals surface area contributed by atoms with E-state index >= 15 is 0 Å². The van der Waals surface area contributed by atoms with Gasteiger partial charge in [0, 0.05) is 14.2 Å². The molecule has 0 aromatic heterocycles. The lowest BCUT2D eigenvalue weighted by Crippen LogP contribution is -2.07. The number of hydrogen-bond donors (Lipinski definition) is 0. The van der Waals surface area contributed by atoms with Crippen molar-refractivity contribution >= 4 is 7.82 Å². The molecular formula is C22H23O6P. The normalized spacial score (nSPS) is 11.1. The summed E-state index contributed by atoms with van der Waals surface area (Å²) in [6, 6.07) is 22.8. The minimum atomic E-state index is -4.01.